The third-order valence-electron chi connectivity index (χ3n) is 4.42. The third-order valence-corrected chi connectivity index (χ3v) is 4.64. The van der Waals surface area contributed by atoms with E-state index >= 15 is 0 Å². The summed E-state index contributed by atoms with van der Waals surface area (Å²) in [5, 5.41) is 3.99. The number of aromatic nitrogens is 1. The van der Waals surface area contributed by atoms with Gasteiger partial charge in [-0.05, 0) is 56.5 Å². The van der Waals surface area contributed by atoms with Gasteiger partial charge in [0.15, 0.2) is 0 Å². The van der Waals surface area contributed by atoms with Gasteiger partial charge < -0.3 is 19.5 Å². The van der Waals surface area contributed by atoms with Crippen LogP contribution in [0.2, 0.25) is 5.02 Å². The number of carbonyl (C=O) groups excluding carboxylic acids is 1. The molecule has 6 nitrogen and oxygen atoms in total. The first kappa shape index (κ1) is 19.5. The van der Waals surface area contributed by atoms with Crippen molar-refractivity contribution in [3.8, 4) is 11.6 Å². The van der Waals surface area contributed by atoms with Crippen molar-refractivity contribution in [3.63, 3.8) is 0 Å². The van der Waals surface area contributed by atoms with Crippen molar-refractivity contribution in [2.45, 2.75) is 33.2 Å². The Kier molecular flexibility index (Phi) is 5.87. The van der Waals surface area contributed by atoms with Gasteiger partial charge in [0.25, 0.3) is 0 Å². The first-order valence-corrected chi connectivity index (χ1v) is 9.15. The summed E-state index contributed by atoms with van der Waals surface area (Å²) in [6, 6.07) is 5.57. The minimum Gasteiger partial charge on any atom is -0.465 e. The van der Waals surface area contributed by atoms with Crippen LogP contribution < -0.4 is 10.1 Å². The molecule has 1 aromatic carbocycles. The molecule has 1 unspecified atom stereocenters. The van der Waals surface area contributed by atoms with E-state index in [1.54, 1.807) is 0 Å². The molecule has 7 heteroatoms. The van der Waals surface area contributed by atoms with Crippen molar-refractivity contribution in [1.82, 2.24) is 4.98 Å². The number of carbonyl (C=O) groups is 1. The summed E-state index contributed by atoms with van der Waals surface area (Å²) in [6.45, 7) is 6.94. The molecule has 1 aliphatic rings. The van der Waals surface area contributed by atoms with Gasteiger partial charge in [0.05, 0.1) is 25.4 Å². The van der Waals surface area contributed by atoms with Crippen LogP contribution in [0.1, 0.15) is 33.6 Å². The van der Waals surface area contributed by atoms with Gasteiger partial charge >= 0.3 is 5.97 Å². The van der Waals surface area contributed by atoms with Crippen molar-refractivity contribution in [1.29, 1.82) is 0 Å². The minimum absolute atomic E-state index is 0.127. The number of pyridine rings is 1. The Bertz CT molecular complexity index is 840. The summed E-state index contributed by atoms with van der Waals surface area (Å²) < 4.78 is 16.5. The van der Waals surface area contributed by atoms with E-state index in [1.807, 2.05) is 39.0 Å². The van der Waals surface area contributed by atoms with Gasteiger partial charge in [-0.1, -0.05) is 11.6 Å². The Balaban J connectivity index is 2.05. The Morgan fingerprint density at radius 3 is 2.56 bits per heavy atom. The molecule has 1 aliphatic heterocycles. The maximum absolute atomic E-state index is 12.5. The molecule has 0 aliphatic carbocycles. The van der Waals surface area contributed by atoms with Gasteiger partial charge in [-0.25, -0.2) is 9.78 Å². The van der Waals surface area contributed by atoms with E-state index in [1.165, 1.54) is 7.11 Å². The molecule has 0 amide bonds. The maximum atomic E-state index is 12.5. The standard InChI is InChI=1S/C20H23ClN2O4/c1-11-7-14(21)8-12(2)18(11)27-19-17(20(24)25-4)16(9-13(3)22-19)23-15-5-6-26-10-15/h7-9,15H,5-6,10H2,1-4H3,(H,22,23). The largest absolute Gasteiger partial charge is 0.465 e. The fraction of sp³-hybridized carbons (Fsp3) is 0.400. The SMILES string of the molecule is COC(=O)c1c(NC2CCOC2)cc(C)nc1Oc1c(C)cc(Cl)cc1C. The molecule has 27 heavy (non-hydrogen) atoms. The van der Waals surface area contributed by atoms with Crippen molar-refractivity contribution in [2.75, 3.05) is 25.6 Å². The van der Waals surface area contributed by atoms with E-state index < -0.39 is 5.97 Å². The lowest BCUT2D eigenvalue weighted by molar-refractivity contribution is 0.0598. The third kappa shape index (κ3) is 4.34. The summed E-state index contributed by atoms with van der Waals surface area (Å²) in [5.74, 6) is 0.317. The van der Waals surface area contributed by atoms with E-state index in [4.69, 9.17) is 25.8 Å². The van der Waals surface area contributed by atoms with Crippen molar-refractivity contribution in [3.05, 3.63) is 45.6 Å². The first-order valence-electron chi connectivity index (χ1n) is 8.78. The number of aryl methyl sites for hydroxylation is 3. The summed E-state index contributed by atoms with van der Waals surface area (Å²) in [7, 11) is 1.34. The Hall–Kier alpha value is -2.31. The zero-order chi connectivity index (χ0) is 19.6. The van der Waals surface area contributed by atoms with Gasteiger partial charge in [0.1, 0.15) is 11.3 Å². The van der Waals surface area contributed by atoms with Gasteiger partial charge in [-0.3, -0.25) is 0 Å². The number of hydrogen-bond donors (Lipinski definition) is 1. The zero-order valence-electron chi connectivity index (χ0n) is 15.9. The second-order valence-corrected chi connectivity index (χ2v) is 7.09. The number of nitrogens with zero attached hydrogens (tertiary/aromatic N) is 1. The molecule has 0 saturated carbocycles. The van der Waals surface area contributed by atoms with Crippen LogP contribution in [0, 0.1) is 20.8 Å². The number of methoxy groups -OCH3 is 1. The molecule has 2 aromatic rings. The number of benzene rings is 1. The summed E-state index contributed by atoms with van der Waals surface area (Å²) in [5.41, 5.74) is 3.34. The smallest absolute Gasteiger partial charge is 0.345 e. The average molecular weight is 391 g/mol. The van der Waals surface area contributed by atoms with E-state index in [9.17, 15) is 4.79 Å². The molecule has 1 aromatic heterocycles. The van der Waals surface area contributed by atoms with E-state index in [0.29, 0.717) is 29.7 Å². The lowest BCUT2D eigenvalue weighted by atomic mass is 10.1. The van der Waals surface area contributed by atoms with Crippen LogP contribution in [0.3, 0.4) is 0 Å². The lowest BCUT2D eigenvalue weighted by Crippen LogP contribution is -2.22. The van der Waals surface area contributed by atoms with Crippen LogP contribution in [0.5, 0.6) is 11.6 Å². The lowest BCUT2D eigenvalue weighted by Gasteiger charge is -2.19. The van der Waals surface area contributed by atoms with Crippen molar-refractivity contribution >= 4 is 23.3 Å². The highest BCUT2D eigenvalue weighted by Gasteiger charge is 2.25. The Morgan fingerprint density at radius 2 is 1.96 bits per heavy atom. The number of ether oxygens (including phenoxy) is 3. The molecule has 1 atom stereocenters. The number of hydrogen-bond acceptors (Lipinski definition) is 6. The van der Waals surface area contributed by atoms with E-state index in [0.717, 1.165) is 23.2 Å². The zero-order valence-corrected chi connectivity index (χ0v) is 16.6. The van der Waals surface area contributed by atoms with E-state index in [2.05, 4.69) is 10.3 Å². The number of esters is 1. The van der Waals surface area contributed by atoms with Crippen LogP contribution in [0.4, 0.5) is 5.69 Å². The van der Waals surface area contributed by atoms with Crippen LogP contribution >= 0.6 is 11.6 Å². The monoisotopic (exact) mass is 390 g/mol. The number of rotatable bonds is 5. The molecular weight excluding hydrogens is 368 g/mol. The van der Waals surface area contributed by atoms with Crippen LogP contribution in [-0.4, -0.2) is 37.3 Å². The molecule has 3 rings (SSSR count). The summed E-state index contributed by atoms with van der Waals surface area (Å²) >= 11 is 6.11. The van der Waals surface area contributed by atoms with Gasteiger partial charge in [-0.15, -0.1) is 0 Å². The van der Waals surface area contributed by atoms with Gasteiger partial charge in [-0.2, -0.15) is 0 Å². The number of anilines is 1. The highest BCUT2D eigenvalue weighted by molar-refractivity contribution is 6.30. The number of nitrogens with one attached hydrogen (secondary N) is 1. The Labute approximate surface area is 163 Å². The van der Waals surface area contributed by atoms with Crippen LogP contribution in [-0.2, 0) is 9.47 Å². The molecule has 2 heterocycles. The molecule has 1 saturated heterocycles. The fourth-order valence-electron chi connectivity index (χ4n) is 3.15. The molecule has 0 radical (unpaired) electrons. The normalized spacial score (nSPS) is 16.3. The van der Waals surface area contributed by atoms with Crippen LogP contribution in [0.15, 0.2) is 18.2 Å². The van der Waals surface area contributed by atoms with Gasteiger partial charge in [0, 0.05) is 17.3 Å². The predicted molar refractivity (Wildman–Crippen MR) is 104 cm³/mol. The predicted octanol–water partition coefficient (Wildman–Crippen LogP) is 4.44. The molecule has 1 N–H and O–H groups in total. The topological polar surface area (TPSA) is 69.7 Å². The average Bonchev–Trinajstić information content (AvgIpc) is 3.10. The van der Waals surface area contributed by atoms with Gasteiger partial charge in [0.2, 0.25) is 5.88 Å². The molecule has 1 fully saturated rings. The minimum atomic E-state index is -0.511. The quantitative estimate of drug-likeness (QED) is 0.761. The summed E-state index contributed by atoms with van der Waals surface area (Å²) in [4.78, 5) is 17.0. The second-order valence-electron chi connectivity index (χ2n) is 6.66. The number of halogens is 1. The Morgan fingerprint density at radius 1 is 1.26 bits per heavy atom. The molecular formula is C20H23ClN2O4. The first-order chi connectivity index (χ1) is 12.9. The second kappa shape index (κ2) is 8.15. The van der Waals surface area contributed by atoms with Crippen LogP contribution in [0.25, 0.3) is 0 Å². The fourth-order valence-corrected chi connectivity index (χ4v) is 3.48. The summed E-state index contributed by atoms with van der Waals surface area (Å²) in [6.07, 6.45) is 0.869. The highest BCUT2D eigenvalue weighted by Crippen LogP contribution is 2.35. The van der Waals surface area contributed by atoms with Crippen molar-refractivity contribution < 1.29 is 19.0 Å². The molecule has 144 valence electrons. The molecule has 0 spiro atoms. The van der Waals surface area contributed by atoms with Crippen molar-refractivity contribution in [2.24, 2.45) is 0 Å². The maximum Gasteiger partial charge on any atom is 0.345 e. The highest BCUT2D eigenvalue weighted by atomic mass is 35.5. The molecule has 0 bridgehead atoms. The van der Waals surface area contributed by atoms with E-state index in [-0.39, 0.29) is 17.5 Å².